The number of aliphatic imine (C=N–C) groups is 1. The van der Waals surface area contributed by atoms with Crippen molar-refractivity contribution in [2.75, 3.05) is 6.61 Å². The first-order valence-corrected chi connectivity index (χ1v) is 17.8. The number of hydrogen-bond donors (Lipinski definition) is 0. The van der Waals surface area contributed by atoms with Crippen molar-refractivity contribution in [3.63, 3.8) is 0 Å². The van der Waals surface area contributed by atoms with E-state index in [1.807, 2.05) is 13.8 Å². The van der Waals surface area contributed by atoms with Crippen LogP contribution in [0.15, 0.2) is 16.3 Å². The van der Waals surface area contributed by atoms with E-state index in [0.717, 1.165) is 0 Å². The van der Waals surface area contributed by atoms with Gasteiger partial charge in [-0.05, 0) is 70.1 Å². The smallest absolute Gasteiger partial charge is 0.449 e. The summed E-state index contributed by atoms with van der Waals surface area (Å²) in [6.45, 7) is 9.10. The standard InChI is InChI=1S/C34H45F6NO9/c1-16-7-9-23-18(3)32(34(38,39)40,46-27-30(23)21(16)11-14-29(6,45-27)48-49-30)41-19(4)42-15-20-24-10-8-17(2)22-12-13-28(5)44-26(31(22,24)50-47-28)43-25(20)33(35,36)37/h16-18,21-24,26-27H,7-15H2,1-6H3/t16-,17-,18-,21?,22?,23+,24+,26-,27+,28-,29+,30-,31-,32-/m1/s1. The first-order valence-electron chi connectivity index (χ1n) is 17.8. The minimum absolute atomic E-state index is 0.0586. The summed E-state index contributed by atoms with van der Waals surface area (Å²) in [6, 6.07) is 0. The first kappa shape index (κ1) is 35.3. The van der Waals surface area contributed by atoms with Crippen LogP contribution < -0.4 is 0 Å². The Labute approximate surface area is 286 Å². The molecule has 2 spiro atoms. The molecule has 14 atom stereocenters. The second-order valence-electron chi connectivity index (χ2n) is 16.3. The van der Waals surface area contributed by atoms with Gasteiger partial charge in [-0.15, -0.1) is 0 Å². The van der Waals surface area contributed by atoms with Crippen molar-refractivity contribution >= 4 is 5.90 Å². The van der Waals surface area contributed by atoms with E-state index in [0.29, 0.717) is 44.9 Å². The molecule has 50 heavy (non-hydrogen) atoms. The molecule has 10 aliphatic rings. The number of rotatable bonds is 3. The molecule has 2 aliphatic carbocycles. The van der Waals surface area contributed by atoms with E-state index in [9.17, 15) is 13.2 Å². The fraction of sp³-hybridized carbons (Fsp3) is 0.912. The Kier molecular flexibility index (Phi) is 7.90. The highest BCUT2D eigenvalue weighted by Gasteiger charge is 2.77. The molecular formula is C34H45F6NO9. The summed E-state index contributed by atoms with van der Waals surface area (Å²) < 4.78 is 120. The summed E-state index contributed by atoms with van der Waals surface area (Å²) in [4.78, 5) is 27.5. The van der Waals surface area contributed by atoms with Crippen LogP contribution in [0.4, 0.5) is 26.3 Å². The highest BCUT2D eigenvalue weighted by atomic mass is 19.4. The van der Waals surface area contributed by atoms with Gasteiger partial charge in [-0.25, -0.2) is 24.5 Å². The van der Waals surface area contributed by atoms with Gasteiger partial charge in [-0.2, -0.15) is 26.3 Å². The molecule has 4 bridgehead atoms. The average molecular weight is 726 g/mol. The van der Waals surface area contributed by atoms with E-state index >= 15 is 13.2 Å². The van der Waals surface area contributed by atoms with Crippen molar-refractivity contribution in [1.82, 2.24) is 0 Å². The average Bonchev–Trinajstić information content (AvgIpc) is 3.40. The lowest BCUT2D eigenvalue weighted by Gasteiger charge is -2.62. The minimum atomic E-state index is -5.06. The molecule has 2 unspecified atom stereocenters. The molecule has 0 amide bonds. The molecule has 0 N–H and O–H groups in total. The predicted octanol–water partition coefficient (Wildman–Crippen LogP) is 7.62. The third-order valence-corrected chi connectivity index (χ3v) is 13.4. The van der Waals surface area contributed by atoms with Gasteiger partial charge in [0, 0.05) is 49.0 Å². The van der Waals surface area contributed by atoms with E-state index < -0.39 is 89.5 Å². The Morgan fingerprint density at radius 2 is 1.32 bits per heavy atom. The second kappa shape index (κ2) is 11.2. The van der Waals surface area contributed by atoms with Crippen LogP contribution in [0.3, 0.4) is 0 Å². The van der Waals surface area contributed by atoms with E-state index in [1.54, 1.807) is 13.8 Å². The van der Waals surface area contributed by atoms with Gasteiger partial charge in [0.1, 0.15) is 6.61 Å². The van der Waals surface area contributed by atoms with Gasteiger partial charge in [0.2, 0.25) is 23.6 Å². The van der Waals surface area contributed by atoms with Crippen molar-refractivity contribution in [3.05, 3.63) is 11.3 Å². The number of fused-ring (bicyclic) bond motifs is 4. The van der Waals surface area contributed by atoms with Crippen LogP contribution in [0.2, 0.25) is 0 Å². The zero-order valence-corrected chi connectivity index (χ0v) is 28.9. The van der Waals surface area contributed by atoms with Gasteiger partial charge >= 0.3 is 12.4 Å². The van der Waals surface area contributed by atoms with Gasteiger partial charge in [0.05, 0.1) is 0 Å². The summed E-state index contributed by atoms with van der Waals surface area (Å²) in [5.74, 6) is -7.65. The highest BCUT2D eigenvalue weighted by Crippen LogP contribution is 2.65. The van der Waals surface area contributed by atoms with Crippen molar-refractivity contribution < 1.29 is 69.6 Å². The Balaban J connectivity index is 1.15. The fourth-order valence-electron chi connectivity index (χ4n) is 10.8. The Morgan fingerprint density at radius 1 is 0.740 bits per heavy atom. The van der Waals surface area contributed by atoms with Crippen molar-refractivity contribution in [1.29, 1.82) is 0 Å². The van der Waals surface area contributed by atoms with Gasteiger partial charge in [0.15, 0.2) is 23.4 Å². The lowest BCUT2D eigenvalue weighted by molar-refractivity contribution is -0.583. The summed E-state index contributed by atoms with van der Waals surface area (Å²) in [7, 11) is 0. The molecule has 8 aliphatic heterocycles. The van der Waals surface area contributed by atoms with E-state index in [2.05, 4.69) is 4.99 Å². The van der Waals surface area contributed by atoms with Crippen LogP contribution in [0.5, 0.6) is 0 Å². The van der Waals surface area contributed by atoms with Crippen LogP contribution in [0, 0.1) is 41.4 Å². The molecule has 8 heterocycles. The molecule has 9 fully saturated rings. The lowest BCUT2D eigenvalue weighted by atomic mass is 9.56. The molecular weight excluding hydrogens is 680 g/mol. The quantitative estimate of drug-likeness (QED) is 0.126. The number of hydrogen-bond acceptors (Lipinski definition) is 10. The van der Waals surface area contributed by atoms with Gasteiger partial charge in [-0.1, -0.05) is 20.8 Å². The van der Waals surface area contributed by atoms with Gasteiger partial charge in [0.25, 0.3) is 5.72 Å². The Bertz CT molecular complexity index is 1460. The lowest BCUT2D eigenvalue weighted by Crippen LogP contribution is -2.75. The molecule has 282 valence electrons. The van der Waals surface area contributed by atoms with E-state index in [1.165, 1.54) is 13.8 Å². The zero-order chi connectivity index (χ0) is 35.9. The summed E-state index contributed by atoms with van der Waals surface area (Å²) in [5.41, 5.74) is -6.13. The van der Waals surface area contributed by atoms with Gasteiger partial charge < -0.3 is 23.7 Å². The number of allylic oxidation sites excluding steroid dienone is 1. The normalized spacial score (nSPS) is 51.7. The monoisotopic (exact) mass is 725 g/mol. The molecule has 0 aromatic carbocycles. The third-order valence-electron chi connectivity index (χ3n) is 13.4. The summed E-state index contributed by atoms with van der Waals surface area (Å²) >= 11 is 0. The zero-order valence-electron chi connectivity index (χ0n) is 28.9. The number of alkyl halides is 6. The Hall–Kier alpha value is -1.69. The van der Waals surface area contributed by atoms with E-state index in [4.69, 9.17) is 43.2 Å². The van der Waals surface area contributed by atoms with Crippen LogP contribution in [-0.4, -0.2) is 65.9 Å². The molecule has 10 nitrogen and oxygen atoms in total. The molecule has 2 saturated carbocycles. The SMILES string of the molecule is CC(=N[C@@]1(C(F)(F)F)O[C@@H]2O[C@]3(C)CCC4[C@H](C)CC[C@@H]([C@H]1C)[C@]42OO3)OCC1=C(C(F)(F)F)O[C@@H]2O[C@@]3(C)CCC4[C@H](C)CC[C@@H]1[C@]42OO3. The van der Waals surface area contributed by atoms with Crippen molar-refractivity contribution in [2.45, 2.75) is 146 Å². The maximum Gasteiger partial charge on any atom is 0.449 e. The fourth-order valence-corrected chi connectivity index (χ4v) is 10.8. The van der Waals surface area contributed by atoms with Gasteiger partial charge in [-0.3, -0.25) is 0 Å². The van der Waals surface area contributed by atoms with Crippen molar-refractivity contribution in [3.8, 4) is 0 Å². The highest BCUT2D eigenvalue weighted by molar-refractivity contribution is 5.74. The molecule has 16 heteroatoms. The van der Waals surface area contributed by atoms with Crippen LogP contribution in [0.1, 0.15) is 92.9 Å². The Morgan fingerprint density at radius 3 is 1.94 bits per heavy atom. The van der Waals surface area contributed by atoms with Crippen LogP contribution in [0.25, 0.3) is 0 Å². The van der Waals surface area contributed by atoms with Crippen LogP contribution in [-0.2, 0) is 43.2 Å². The largest absolute Gasteiger partial charge is 0.477 e. The third kappa shape index (κ3) is 4.83. The maximum atomic E-state index is 15.4. The van der Waals surface area contributed by atoms with Crippen molar-refractivity contribution in [2.24, 2.45) is 46.4 Å². The molecule has 0 aromatic rings. The van der Waals surface area contributed by atoms with E-state index in [-0.39, 0.29) is 35.7 Å². The number of ether oxygens (including phenoxy) is 5. The number of nitrogens with zero attached hydrogens (tertiary/aromatic N) is 1. The predicted molar refractivity (Wildman–Crippen MR) is 158 cm³/mol. The summed E-state index contributed by atoms with van der Waals surface area (Å²) in [6.07, 6.45) is -9.03. The molecule has 0 radical (unpaired) electrons. The first-order chi connectivity index (χ1) is 23.3. The molecule has 0 aromatic heterocycles. The second-order valence-corrected chi connectivity index (χ2v) is 16.3. The minimum Gasteiger partial charge on any atom is -0.477 e. The van der Waals surface area contributed by atoms with Crippen LogP contribution >= 0.6 is 0 Å². The molecule has 7 saturated heterocycles. The maximum absolute atomic E-state index is 15.4. The topological polar surface area (TPSA) is 95.4 Å². The molecule has 10 rings (SSSR count). The summed E-state index contributed by atoms with van der Waals surface area (Å²) in [5, 5.41) is 0. The number of halogens is 6.